The molecule has 3 nitrogen and oxygen atoms in total. The molecule has 0 aromatic heterocycles. The third-order valence-corrected chi connectivity index (χ3v) is 3.06. The van der Waals surface area contributed by atoms with E-state index in [4.69, 9.17) is 0 Å². The average Bonchev–Trinajstić information content (AvgIpc) is 2.72. The first-order chi connectivity index (χ1) is 8.35. The van der Waals surface area contributed by atoms with Crippen molar-refractivity contribution in [2.45, 2.75) is 0 Å². The van der Waals surface area contributed by atoms with Crippen LogP contribution in [-0.2, 0) is 26.2 Å². The molecule has 0 amide bonds. The van der Waals surface area contributed by atoms with Crippen LogP contribution in [0.4, 0.5) is 10.5 Å². The molecule has 0 fully saturated rings. The molecule has 19 heavy (non-hydrogen) atoms. The molecule has 1 rings (SSSR count). The Morgan fingerprint density at radius 2 is 0.947 bits per heavy atom. The topological polar surface area (TPSA) is 42.3 Å². The number of hydrogen-bond donors (Lipinski definition) is 0. The Morgan fingerprint density at radius 1 is 0.737 bits per heavy atom. The van der Waals surface area contributed by atoms with E-state index in [2.05, 4.69) is 16.0 Å². The zero-order chi connectivity index (χ0) is 15.0. The van der Waals surface area contributed by atoms with E-state index in [1.54, 1.807) is 42.3 Å². The molecule has 0 heterocycles. The fourth-order valence-electron chi connectivity index (χ4n) is 0.563. The molecular weight excluding hydrogens is 395 g/mol. The summed E-state index contributed by atoms with van der Waals surface area (Å²) in [6.45, 7) is 0. The van der Waals surface area contributed by atoms with Gasteiger partial charge in [0, 0.05) is 0 Å². The molecule has 1 aromatic rings. The van der Waals surface area contributed by atoms with Gasteiger partial charge in [0.15, 0.2) is 0 Å². The summed E-state index contributed by atoms with van der Waals surface area (Å²) < 4.78 is 35.0. The second-order valence-corrected chi connectivity index (χ2v) is 6.31. The van der Waals surface area contributed by atoms with Crippen LogP contribution in [0.3, 0.4) is 0 Å². The SMILES string of the molecule is C[N-]C.C[N-]C.C[N-]C.[F][Ge]([F])([F])[c-]1cccc1.[Zr+4]. The van der Waals surface area contributed by atoms with Crippen LogP contribution in [0.25, 0.3) is 16.0 Å². The minimum atomic E-state index is -5.94. The van der Waals surface area contributed by atoms with Crippen molar-refractivity contribution in [2.24, 2.45) is 0 Å². The minimum Gasteiger partial charge on any atom is 4.00 e. The first kappa shape index (κ1) is 27.7. The van der Waals surface area contributed by atoms with Crippen LogP contribution < -0.4 is 4.40 Å². The van der Waals surface area contributed by atoms with Gasteiger partial charge in [-0.25, -0.2) is 0 Å². The van der Waals surface area contributed by atoms with Gasteiger partial charge >= 0.3 is 80.0 Å². The average molecular weight is 417 g/mol. The maximum absolute atomic E-state index is 11.8. The number of hydrogen-bond acceptors (Lipinski definition) is 0. The van der Waals surface area contributed by atoms with E-state index in [-0.39, 0.29) is 26.2 Å². The van der Waals surface area contributed by atoms with E-state index in [1.165, 1.54) is 12.1 Å². The van der Waals surface area contributed by atoms with E-state index in [9.17, 15) is 10.5 Å². The van der Waals surface area contributed by atoms with Crippen molar-refractivity contribution in [1.29, 1.82) is 0 Å². The Labute approximate surface area is 138 Å². The van der Waals surface area contributed by atoms with Crippen molar-refractivity contribution >= 4 is 19.1 Å². The fraction of sp³-hybridized carbons (Fsp3) is 0.545. The molecule has 0 spiro atoms. The Bertz CT molecular complexity index is 227. The van der Waals surface area contributed by atoms with Crippen molar-refractivity contribution in [3.8, 4) is 0 Å². The quantitative estimate of drug-likeness (QED) is 0.497. The summed E-state index contributed by atoms with van der Waals surface area (Å²) in [7, 11) is 10.5. The Balaban J connectivity index is -0.0000000956. The van der Waals surface area contributed by atoms with E-state index in [1.807, 2.05) is 0 Å². The van der Waals surface area contributed by atoms with E-state index < -0.39 is 19.1 Å². The molecule has 0 unspecified atom stereocenters. The van der Waals surface area contributed by atoms with Crippen molar-refractivity contribution in [3.63, 3.8) is 0 Å². The summed E-state index contributed by atoms with van der Waals surface area (Å²) >= 11 is -5.94. The van der Waals surface area contributed by atoms with E-state index >= 15 is 0 Å². The maximum Gasteiger partial charge on any atom is 4.00 e. The third kappa shape index (κ3) is 27.6. The summed E-state index contributed by atoms with van der Waals surface area (Å²) in [4.78, 5) is 0. The van der Waals surface area contributed by atoms with Gasteiger partial charge in [0.1, 0.15) is 0 Å². The van der Waals surface area contributed by atoms with Crippen LogP contribution in [0.1, 0.15) is 0 Å². The molecule has 0 aliphatic heterocycles. The summed E-state index contributed by atoms with van der Waals surface area (Å²) in [5, 5.41) is 10.5. The van der Waals surface area contributed by atoms with Gasteiger partial charge in [-0.3, -0.25) is 0 Å². The molecule has 0 aliphatic rings. The number of rotatable bonds is 1. The second kappa shape index (κ2) is 20.8. The fourth-order valence-corrected chi connectivity index (χ4v) is 1.76. The molecule has 0 saturated heterocycles. The molecule has 0 bridgehead atoms. The molecule has 0 radical (unpaired) electrons. The molecule has 0 atom stereocenters. The largest absolute Gasteiger partial charge is 4.00 e. The summed E-state index contributed by atoms with van der Waals surface area (Å²) in [5.41, 5.74) is 0. The maximum atomic E-state index is 11.8. The Kier molecular flexibility index (Phi) is 30.3. The molecule has 1 aromatic carbocycles. The van der Waals surface area contributed by atoms with Crippen molar-refractivity contribution < 1.29 is 36.7 Å². The molecule has 0 saturated carbocycles. The first-order valence-corrected chi connectivity index (χ1v) is 8.51. The summed E-state index contributed by atoms with van der Waals surface area (Å²) in [6, 6.07) is 5.07. The van der Waals surface area contributed by atoms with E-state index in [0.29, 0.717) is 0 Å². The zero-order valence-corrected chi connectivity index (χ0v) is 16.8. The first-order valence-electron chi connectivity index (χ1n) is 5.08. The number of nitrogens with zero attached hydrogens (tertiary/aromatic N) is 3. The van der Waals surface area contributed by atoms with Gasteiger partial charge in [0.25, 0.3) is 0 Å². The minimum absolute atomic E-state index is 0. The van der Waals surface area contributed by atoms with Gasteiger partial charge in [-0.05, 0) is 0 Å². The van der Waals surface area contributed by atoms with Crippen molar-refractivity contribution in [1.82, 2.24) is 0 Å². The van der Waals surface area contributed by atoms with Crippen molar-refractivity contribution in [3.05, 3.63) is 40.2 Å². The normalized spacial score (nSPS) is 8.47. The van der Waals surface area contributed by atoms with E-state index in [0.717, 1.165) is 12.1 Å². The Hall–Kier alpha value is 0.446. The monoisotopic (exact) mass is 417 g/mol. The molecule has 0 N–H and O–H groups in total. The van der Waals surface area contributed by atoms with Gasteiger partial charge in [-0.15, -0.1) is 0 Å². The van der Waals surface area contributed by atoms with Gasteiger partial charge in [0.05, 0.1) is 0 Å². The van der Waals surface area contributed by atoms with Crippen LogP contribution in [-0.4, -0.2) is 56.9 Å². The van der Waals surface area contributed by atoms with Gasteiger partial charge in [-0.1, -0.05) is 0 Å². The van der Waals surface area contributed by atoms with Crippen molar-refractivity contribution in [2.75, 3.05) is 42.3 Å². The van der Waals surface area contributed by atoms with Gasteiger partial charge in [0.2, 0.25) is 0 Å². The van der Waals surface area contributed by atoms with Crippen LogP contribution >= 0.6 is 0 Å². The van der Waals surface area contributed by atoms with Crippen LogP contribution in [0.5, 0.6) is 0 Å². The second-order valence-electron chi connectivity index (χ2n) is 3.01. The smallest absolute Gasteiger partial charge is 4.00 e. The molecular formula is C11H22F3GeN3Zr. The van der Waals surface area contributed by atoms with Gasteiger partial charge < -0.3 is 16.0 Å². The molecule has 8 heteroatoms. The van der Waals surface area contributed by atoms with Crippen LogP contribution in [0.15, 0.2) is 24.3 Å². The standard InChI is InChI=1S/C5H4F3Ge.3C2H6N.Zr/c6-9(7,8)5-3-1-2-4-5;3*1-3-2;/h1-4H;3*1-2H3;/q4*-1;+4. The van der Waals surface area contributed by atoms with Crippen LogP contribution in [0, 0.1) is 0 Å². The summed E-state index contributed by atoms with van der Waals surface area (Å²) in [6.07, 6.45) is 0. The van der Waals surface area contributed by atoms with Gasteiger partial charge in [-0.2, -0.15) is 42.3 Å². The molecule has 0 aliphatic carbocycles. The third-order valence-electron chi connectivity index (χ3n) is 0.990. The van der Waals surface area contributed by atoms with Crippen LogP contribution in [0.2, 0.25) is 0 Å². The summed E-state index contributed by atoms with van der Waals surface area (Å²) in [5.74, 6) is 0. The predicted octanol–water partition coefficient (Wildman–Crippen LogP) is 3.32. The zero-order valence-electron chi connectivity index (χ0n) is 12.3. The predicted molar refractivity (Wildman–Crippen MR) is 76.4 cm³/mol. The number of halogens is 3. The molecule has 110 valence electrons. The Morgan fingerprint density at radius 3 is 1.05 bits per heavy atom.